The van der Waals surface area contributed by atoms with Gasteiger partial charge in [0.15, 0.2) is 0 Å². The van der Waals surface area contributed by atoms with Gasteiger partial charge in [0.05, 0.1) is 10.4 Å². The zero-order valence-electron chi connectivity index (χ0n) is 12.0. The molecule has 1 aromatic rings. The van der Waals surface area contributed by atoms with Crippen molar-refractivity contribution in [1.82, 2.24) is 9.62 Å². The lowest BCUT2D eigenvalue weighted by atomic mass is 10.00. The van der Waals surface area contributed by atoms with E-state index in [1.807, 2.05) is 0 Å². The Morgan fingerprint density at radius 1 is 1.52 bits per heavy atom. The summed E-state index contributed by atoms with van der Waals surface area (Å²) in [7, 11) is -1.66. The number of ether oxygens (including phenoxy) is 1. The van der Waals surface area contributed by atoms with Gasteiger partial charge in [-0.2, -0.15) is 4.31 Å². The minimum Gasteiger partial charge on any atom is -0.383 e. The number of halogens is 1. The van der Waals surface area contributed by atoms with Crippen LogP contribution in [0.2, 0.25) is 0 Å². The molecule has 0 radical (unpaired) electrons. The summed E-state index contributed by atoms with van der Waals surface area (Å²) in [6, 6.07) is 3.45. The largest absolute Gasteiger partial charge is 0.383 e. The average molecular weight is 397 g/mol. The average Bonchev–Trinajstić information content (AvgIpc) is 2.91. The first-order valence-corrected chi connectivity index (χ1v) is 10.0. The van der Waals surface area contributed by atoms with Crippen molar-refractivity contribution in [2.75, 3.05) is 39.9 Å². The molecular formula is C13H21BrN2O3S2. The number of nitrogens with one attached hydrogen (secondary N) is 1. The predicted molar refractivity (Wildman–Crippen MR) is 88.2 cm³/mol. The third-order valence-corrected chi connectivity index (χ3v) is 7.50. The van der Waals surface area contributed by atoms with Crippen molar-refractivity contribution in [3.05, 3.63) is 15.9 Å². The van der Waals surface area contributed by atoms with E-state index in [-0.39, 0.29) is 0 Å². The molecule has 1 aliphatic rings. The van der Waals surface area contributed by atoms with Gasteiger partial charge in [0, 0.05) is 26.7 Å². The zero-order chi connectivity index (χ0) is 15.3. The van der Waals surface area contributed by atoms with Crippen LogP contribution >= 0.6 is 27.3 Å². The van der Waals surface area contributed by atoms with E-state index in [0.29, 0.717) is 29.8 Å². The van der Waals surface area contributed by atoms with Crippen molar-refractivity contribution >= 4 is 37.3 Å². The molecule has 0 amide bonds. The highest BCUT2D eigenvalue weighted by Crippen LogP contribution is 2.30. The Morgan fingerprint density at radius 3 is 3.00 bits per heavy atom. The highest BCUT2D eigenvalue weighted by molar-refractivity contribution is 9.11. The zero-order valence-corrected chi connectivity index (χ0v) is 15.3. The van der Waals surface area contributed by atoms with Crippen LogP contribution in [0.1, 0.15) is 12.8 Å². The fourth-order valence-electron chi connectivity index (χ4n) is 2.46. The van der Waals surface area contributed by atoms with Crippen molar-refractivity contribution in [3.8, 4) is 0 Å². The molecule has 5 nitrogen and oxygen atoms in total. The summed E-state index contributed by atoms with van der Waals surface area (Å²) in [6.45, 7) is 3.53. The number of rotatable bonds is 7. The molecule has 0 spiro atoms. The summed E-state index contributed by atoms with van der Waals surface area (Å²) >= 11 is 4.59. The fraction of sp³-hybridized carbons (Fsp3) is 0.692. The Labute approximate surface area is 138 Å². The Hall–Kier alpha value is 0.01000. The van der Waals surface area contributed by atoms with Crippen molar-refractivity contribution in [2.24, 2.45) is 5.92 Å². The van der Waals surface area contributed by atoms with E-state index in [2.05, 4.69) is 21.2 Å². The lowest BCUT2D eigenvalue weighted by Gasteiger charge is -2.31. The van der Waals surface area contributed by atoms with Crippen molar-refractivity contribution < 1.29 is 13.2 Å². The topological polar surface area (TPSA) is 58.6 Å². The van der Waals surface area contributed by atoms with Gasteiger partial charge < -0.3 is 10.1 Å². The number of sulfonamides is 1. The van der Waals surface area contributed by atoms with Crippen molar-refractivity contribution in [2.45, 2.75) is 17.1 Å². The standard InChI is InChI=1S/C13H21BrN2O3S2/c1-19-8-6-15-9-11-3-2-7-16(10-11)21(17,18)13-5-4-12(14)20-13/h4-5,11,15H,2-3,6-10H2,1H3. The highest BCUT2D eigenvalue weighted by Gasteiger charge is 2.30. The van der Waals surface area contributed by atoms with Gasteiger partial charge in [0.1, 0.15) is 4.21 Å². The van der Waals surface area contributed by atoms with Gasteiger partial charge >= 0.3 is 0 Å². The second-order valence-electron chi connectivity index (χ2n) is 5.13. The molecule has 1 aromatic heterocycles. The lowest BCUT2D eigenvalue weighted by molar-refractivity contribution is 0.193. The van der Waals surface area contributed by atoms with Gasteiger partial charge in [-0.15, -0.1) is 11.3 Å². The molecule has 0 bridgehead atoms. The van der Waals surface area contributed by atoms with E-state index in [4.69, 9.17) is 4.74 Å². The Balaban J connectivity index is 1.94. The first-order valence-electron chi connectivity index (χ1n) is 6.99. The summed E-state index contributed by atoms with van der Waals surface area (Å²) in [6.07, 6.45) is 1.99. The van der Waals surface area contributed by atoms with E-state index in [9.17, 15) is 8.42 Å². The number of nitrogens with zero attached hydrogens (tertiary/aromatic N) is 1. The van der Waals surface area contributed by atoms with E-state index in [1.165, 1.54) is 11.3 Å². The van der Waals surface area contributed by atoms with E-state index >= 15 is 0 Å². The molecule has 120 valence electrons. The maximum Gasteiger partial charge on any atom is 0.252 e. The van der Waals surface area contributed by atoms with Crippen LogP contribution < -0.4 is 5.32 Å². The van der Waals surface area contributed by atoms with Crippen LogP contribution in [0.4, 0.5) is 0 Å². The molecule has 1 aliphatic heterocycles. The molecule has 0 aliphatic carbocycles. The van der Waals surface area contributed by atoms with Crippen LogP contribution in [-0.4, -0.2) is 52.6 Å². The molecule has 2 heterocycles. The molecule has 1 unspecified atom stereocenters. The van der Waals surface area contributed by atoms with Gasteiger partial charge in [-0.3, -0.25) is 0 Å². The van der Waals surface area contributed by atoms with Crippen LogP contribution in [0.15, 0.2) is 20.1 Å². The van der Waals surface area contributed by atoms with Gasteiger partial charge in [0.25, 0.3) is 10.0 Å². The van der Waals surface area contributed by atoms with Crippen molar-refractivity contribution in [1.29, 1.82) is 0 Å². The monoisotopic (exact) mass is 396 g/mol. The molecule has 21 heavy (non-hydrogen) atoms. The van der Waals surface area contributed by atoms with Crippen LogP contribution in [-0.2, 0) is 14.8 Å². The van der Waals surface area contributed by atoms with Gasteiger partial charge in [-0.25, -0.2) is 8.42 Å². The normalized spacial score (nSPS) is 20.8. The first kappa shape index (κ1) is 17.4. The quantitative estimate of drug-likeness (QED) is 0.717. The molecule has 8 heteroatoms. The number of thiophene rings is 1. The van der Waals surface area contributed by atoms with Gasteiger partial charge in [0.2, 0.25) is 0 Å². The lowest BCUT2D eigenvalue weighted by Crippen LogP contribution is -2.42. The Bertz CT molecular complexity index is 547. The predicted octanol–water partition coefficient (Wildman–Crippen LogP) is 2.15. The summed E-state index contributed by atoms with van der Waals surface area (Å²) in [5, 5.41) is 3.32. The third-order valence-electron chi connectivity index (χ3n) is 3.54. The minimum atomic E-state index is -3.34. The maximum absolute atomic E-state index is 12.6. The summed E-state index contributed by atoms with van der Waals surface area (Å²) < 4.78 is 33.1. The molecule has 1 atom stereocenters. The second-order valence-corrected chi connectivity index (χ2v) is 9.75. The molecule has 1 N–H and O–H groups in total. The molecule has 1 saturated heterocycles. The van der Waals surface area contributed by atoms with Crippen LogP contribution in [0.3, 0.4) is 0 Å². The Kier molecular flexibility index (Phi) is 6.64. The van der Waals surface area contributed by atoms with Gasteiger partial charge in [-0.1, -0.05) is 0 Å². The molecule has 2 rings (SSSR count). The number of hydrogen-bond donors (Lipinski definition) is 1. The highest BCUT2D eigenvalue weighted by atomic mass is 79.9. The number of piperidine rings is 1. The van der Waals surface area contributed by atoms with E-state index < -0.39 is 10.0 Å². The smallest absolute Gasteiger partial charge is 0.252 e. The Morgan fingerprint density at radius 2 is 2.33 bits per heavy atom. The molecule has 1 fully saturated rings. The SMILES string of the molecule is COCCNCC1CCCN(S(=O)(=O)c2ccc(Br)s2)C1. The van der Waals surface area contributed by atoms with Crippen LogP contribution in [0, 0.1) is 5.92 Å². The van der Waals surface area contributed by atoms with E-state index in [0.717, 1.165) is 29.7 Å². The summed E-state index contributed by atoms with van der Waals surface area (Å²) in [5.41, 5.74) is 0. The van der Waals surface area contributed by atoms with E-state index in [1.54, 1.807) is 23.5 Å². The van der Waals surface area contributed by atoms with Gasteiger partial charge in [-0.05, 0) is 53.4 Å². The fourth-order valence-corrected chi connectivity index (χ4v) is 6.17. The first-order chi connectivity index (χ1) is 10.0. The number of hydrogen-bond acceptors (Lipinski definition) is 5. The van der Waals surface area contributed by atoms with Crippen molar-refractivity contribution in [3.63, 3.8) is 0 Å². The summed E-state index contributed by atoms with van der Waals surface area (Å²) in [4.78, 5) is 0. The summed E-state index contributed by atoms with van der Waals surface area (Å²) in [5.74, 6) is 0.369. The minimum absolute atomic E-state index is 0.369. The molecule has 0 saturated carbocycles. The number of methoxy groups -OCH3 is 1. The van der Waals surface area contributed by atoms with Crippen LogP contribution in [0.5, 0.6) is 0 Å². The molecule has 0 aromatic carbocycles. The van der Waals surface area contributed by atoms with Crippen LogP contribution in [0.25, 0.3) is 0 Å². The maximum atomic E-state index is 12.6. The second kappa shape index (κ2) is 8.03. The molecular weight excluding hydrogens is 376 g/mol. The third kappa shape index (κ3) is 4.74.